The second-order valence-corrected chi connectivity index (χ2v) is 10.2. The molecule has 1 saturated heterocycles. The molecular weight excluding hydrogens is 446 g/mol. The Morgan fingerprint density at radius 3 is 2.81 bits per heavy atom. The Morgan fingerprint density at radius 2 is 2.06 bits per heavy atom. The van der Waals surface area contributed by atoms with Crippen molar-refractivity contribution in [2.75, 3.05) is 45.1 Å². The molecule has 2 aliphatic heterocycles. The summed E-state index contributed by atoms with van der Waals surface area (Å²) >= 11 is 6.14. The number of ether oxygens (including phenoxy) is 2. The SMILES string of the molecule is NS(=O)(=O)CCCCN1CCC(CNC(=O)c2cc(Cl)cc3c2OCCCO3)C(O)C1. The van der Waals surface area contributed by atoms with E-state index in [-0.39, 0.29) is 17.6 Å². The summed E-state index contributed by atoms with van der Waals surface area (Å²) in [6, 6.07) is 3.20. The molecule has 11 heteroatoms. The molecule has 2 atom stereocenters. The number of nitrogens with one attached hydrogen (secondary N) is 1. The maximum Gasteiger partial charge on any atom is 0.255 e. The zero-order chi connectivity index (χ0) is 22.4. The van der Waals surface area contributed by atoms with E-state index in [2.05, 4.69) is 10.2 Å². The minimum atomic E-state index is -3.43. The van der Waals surface area contributed by atoms with E-state index in [1.54, 1.807) is 12.1 Å². The number of aliphatic hydroxyl groups excluding tert-OH is 1. The second kappa shape index (κ2) is 10.8. The molecule has 2 aliphatic rings. The summed E-state index contributed by atoms with van der Waals surface area (Å²) in [5.41, 5.74) is 0.325. The van der Waals surface area contributed by atoms with Gasteiger partial charge in [0.25, 0.3) is 5.91 Å². The lowest BCUT2D eigenvalue weighted by Gasteiger charge is -2.36. The molecule has 2 heterocycles. The number of hydrogen-bond donors (Lipinski definition) is 3. The number of carbonyl (C=O) groups excluding carboxylic acids is 1. The van der Waals surface area contributed by atoms with Gasteiger partial charge >= 0.3 is 0 Å². The number of fused-ring (bicyclic) bond motifs is 1. The summed E-state index contributed by atoms with van der Waals surface area (Å²) < 4.78 is 33.3. The third-order valence-electron chi connectivity index (χ3n) is 5.54. The number of unbranched alkanes of at least 4 members (excludes halogenated alkanes) is 1. The zero-order valence-electron chi connectivity index (χ0n) is 17.4. The number of carbonyl (C=O) groups is 1. The van der Waals surface area contributed by atoms with Gasteiger partial charge in [0.1, 0.15) is 0 Å². The number of nitrogens with two attached hydrogens (primary N) is 1. The molecule has 0 aliphatic carbocycles. The van der Waals surface area contributed by atoms with Crippen molar-refractivity contribution in [3.63, 3.8) is 0 Å². The number of benzene rings is 1. The third kappa shape index (κ3) is 7.21. The molecule has 0 bridgehead atoms. The number of amides is 1. The molecule has 1 aromatic carbocycles. The van der Waals surface area contributed by atoms with Crippen molar-refractivity contribution in [1.82, 2.24) is 10.2 Å². The minimum Gasteiger partial charge on any atom is -0.489 e. The lowest BCUT2D eigenvalue weighted by molar-refractivity contribution is 0.0217. The Balaban J connectivity index is 1.49. The van der Waals surface area contributed by atoms with E-state index < -0.39 is 16.1 Å². The topological polar surface area (TPSA) is 131 Å². The van der Waals surface area contributed by atoms with Crippen LogP contribution in [0.2, 0.25) is 5.02 Å². The standard InChI is InChI=1S/C20H30ClN3O6S/c21-15-10-16(19-18(11-15)29-7-3-8-30-19)20(26)23-12-14-4-6-24(13-17(14)25)5-1-2-9-31(22,27)28/h10-11,14,17,25H,1-9,12-13H2,(H,23,26)(H2,22,27,28). The first-order chi connectivity index (χ1) is 14.7. The number of nitrogens with zero attached hydrogens (tertiary/aromatic N) is 1. The Labute approximate surface area is 187 Å². The average molecular weight is 476 g/mol. The molecule has 9 nitrogen and oxygen atoms in total. The lowest BCUT2D eigenvalue weighted by Crippen LogP contribution is -2.47. The molecule has 3 rings (SSSR count). The molecule has 0 spiro atoms. The average Bonchev–Trinajstić information content (AvgIpc) is 2.94. The van der Waals surface area contributed by atoms with Gasteiger partial charge in [0.05, 0.1) is 30.6 Å². The van der Waals surface area contributed by atoms with Gasteiger partial charge in [0, 0.05) is 36.5 Å². The number of primary sulfonamides is 1. The van der Waals surface area contributed by atoms with Gasteiger partial charge in [-0.2, -0.15) is 0 Å². The maximum absolute atomic E-state index is 12.8. The highest BCUT2D eigenvalue weighted by atomic mass is 35.5. The van der Waals surface area contributed by atoms with Crippen molar-refractivity contribution in [1.29, 1.82) is 0 Å². The van der Waals surface area contributed by atoms with Gasteiger partial charge in [-0.15, -0.1) is 0 Å². The Kier molecular flexibility index (Phi) is 8.40. The van der Waals surface area contributed by atoms with Crippen molar-refractivity contribution in [3.05, 3.63) is 22.7 Å². The van der Waals surface area contributed by atoms with Gasteiger partial charge in [-0.1, -0.05) is 11.6 Å². The normalized spacial score (nSPS) is 22.0. The van der Waals surface area contributed by atoms with Crippen LogP contribution in [0.25, 0.3) is 0 Å². The van der Waals surface area contributed by atoms with Crippen molar-refractivity contribution >= 4 is 27.5 Å². The molecule has 31 heavy (non-hydrogen) atoms. The van der Waals surface area contributed by atoms with Gasteiger partial charge in [-0.05, 0) is 38.4 Å². The maximum atomic E-state index is 12.8. The predicted octanol–water partition coefficient (Wildman–Crippen LogP) is 0.983. The van der Waals surface area contributed by atoms with E-state index in [9.17, 15) is 18.3 Å². The summed E-state index contributed by atoms with van der Waals surface area (Å²) in [6.07, 6.45) is 2.07. The predicted molar refractivity (Wildman–Crippen MR) is 117 cm³/mol. The number of hydrogen-bond acceptors (Lipinski definition) is 7. The second-order valence-electron chi connectivity index (χ2n) is 8.03. The highest BCUT2D eigenvalue weighted by Crippen LogP contribution is 2.36. The number of sulfonamides is 1. The Hall–Kier alpha value is -1.59. The largest absolute Gasteiger partial charge is 0.489 e. The van der Waals surface area contributed by atoms with Crippen LogP contribution in [0.4, 0.5) is 0 Å². The monoisotopic (exact) mass is 475 g/mol. The van der Waals surface area contributed by atoms with Crippen molar-refractivity contribution in [2.45, 2.75) is 31.8 Å². The van der Waals surface area contributed by atoms with Crippen LogP contribution in [-0.2, 0) is 10.0 Å². The number of rotatable bonds is 8. The fraction of sp³-hybridized carbons (Fsp3) is 0.650. The zero-order valence-corrected chi connectivity index (χ0v) is 19.0. The summed E-state index contributed by atoms with van der Waals surface area (Å²) in [6.45, 7) is 3.26. The van der Waals surface area contributed by atoms with Crippen molar-refractivity contribution < 1.29 is 27.8 Å². The first-order valence-corrected chi connectivity index (χ1v) is 12.6. The van der Waals surface area contributed by atoms with Crippen LogP contribution < -0.4 is 19.9 Å². The molecular formula is C20H30ClN3O6S. The van der Waals surface area contributed by atoms with E-state index in [0.29, 0.717) is 67.8 Å². The quantitative estimate of drug-likeness (QED) is 0.477. The first kappa shape index (κ1) is 24.1. The molecule has 1 aromatic rings. The first-order valence-electron chi connectivity index (χ1n) is 10.5. The number of aliphatic hydroxyl groups is 1. The molecule has 0 radical (unpaired) electrons. The van der Waals surface area contributed by atoms with Crippen LogP contribution in [0.1, 0.15) is 36.0 Å². The summed E-state index contributed by atoms with van der Waals surface area (Å²) in [4.78, 5) is 14.9. The Bertz CT molecular complexity index is 882. The van der Waals surface area contributed by atoms with Crippen molar-refractivity contribution in [3.8, 4) is 11.5 Å². The Morgan fingerprint density at radius 1 is 1.29 bits per heavy atom. The molecule has 174 valence electrons. The molecule has 0 saturated carbocycles. The molecule has 4 N–H and O–H groups in total. The fourth-order valence-electron chi connectivity index (χ4n) is 3.85. The van der Waals surface area contributed by atoms with Gasteiger partial charge in [0.2, 0.25) is 10.0 Å². The highest BCUT2D eigenvalue weighted by molar-refractivity contribution is 7.89. The van der Waals surface area contributed by atoms with E-state index >= 15 is 0 Å². The van der Waals surface area contributed by atoms with E-state index in [1.807, 2.05) is 0 Å². The van der Waals surface area contributed by atoms with Crippen LogP contribution in [0.3, 0.4) is 0 Å². The number of piperidine rings is 1. The van der Waals surface area contributed by atoms with E-state index in [0.717, 1.165) is 19.4 Å². The molecule has 2 unspecified atom stereocenters. The fourth-order valence-corrected chi connectivity index (χ4v) is 4.67. The van der Waals surface area contributed by atoms with Crippen LogP contribution in [0, 0.1) is 5.92 Å². The molecule has 1 fully saturated rings. The van der Waals surface area contributed by atoms with Gasteiger partial charge in [0.15, 0.2) is 11.5 Å². The lowest BCUT2D eigenvalue weighted by atomic mass is 9.93. The molecule has 0 aromatic heterocycles. The van der Waals surface area contributed by atoms with E-state index in [4.69, 9.17) is 26.2 Å². The van der Waals surface area contributed by atoms with Crippen LogP contribution in [-0.4, -0.2) is 75.6 Å². The van der Waals surface area contributed by atoms with Crippen LogP contribution in [0.5, 0.6) is 11.5 Å². The molecule has 1 amide bonds. The van der Waals surface area contributed by atoms with Gasteiger partial charge in [-0.25, -0.2) is 13.6 Å². The minimum absolute atomic E-state index is 0.0278. The summed E-state index contributed by atoms with van der Waals surface area (Å²) in [7, 11) is -3.43. The van der Waals surface area contributed by atoms with Crippen LogP contribution >= 0.6 is 11.6 Å². The third-order valence-corrected chi connectivity index (χ3v) is 6.62. The number of halogens is 1. The highest BCUT2D eigenvalue weighted by Gasteiger charge is 2.28. The number of β-amino-alcohol motifs (C(OH)–C–C–N with tert-alkyl or cyclic N) is 1. The van der Waals surface area contributed by atoms with Gasteiger partial charge < -0.3 is 24.8 Å². The summed E-state index contributed by atoms with van der Waals surface area (Å²) in [5, 5.41) is 18.8. The van der Waals surface area contributed by atoms with Gasteiger partial charge in [-0.3, -0.25) is 4.79 Å². The van der Waals surface area contributed by atoms with E-state index in [1.165, 1.54) is 0 Å². The summed E-state index contributed by atoms with van der Waals surface area (Å²) in [5.74, 6) is 0.446. The van der Waals surface area contributed by atoms with Crippen molar-refractivity contribution in [2.24, 2.45) is 11.1 Å². The smallest absolute Gasteiger partial charge is 0.255 e. The van der Waals surface area contributed by atoms with Crippen LogP contribution in [0.15, 0.2) is 12.1 Å². The number of likely N-dealkylation sites (tertiary alicyclic amines) is 1.